The highest BCUT2D eigenvalue weighted by Crippen LogP contribution is 2.32. The van der Waals surface area contributed by atoms with Gasteiger partial charge >= 0.3 is 0 Å². The zero-order valence-electron chi connectivity index (χ0n) is 8.45. The molecule has 0 aliphatic rings. The molecular formula is C12H7BrF2O2. The number of hydrogen-bond acceptors (Lipinski definition) is 2. The first kappa shape index (κ1) is 11.9. The van der Waals surface area contributed by atoms with Crippen LogP contribution < -0.4 is 4.74 Å². The van der Waals surface area contributed by atoms with Crippen LogP contribution in [0.25, 0.3) is 0 Å². The van der Waals surface area contributed by atoms with E-state index < -0.39 is 17.4 Å². The summed E-state index contributed by atoms with van der Waals surface area (Å²) in [6.07, 6.45) is 0. The zero-order valence-corrected chi connectivity index (χ0v) is 10.0. The van der Waals surface area contributed by atoms with Crippen molar-refractivity contribution in [2.45, 2.75) is 0 Å². The number of phenols is 1. The smallest absolute Gasteiger partial charge is 0.207 e. The maximum Gasteiger partial charge on any atom is 0.207 e. The Bertz CT molecular complexity index is 558. The van der Waals surface area contributed by atoms with E-state index in [9.17, 15) is 8.78 Å². The molecule has 0 aliphatic carbocycles. The molecule has 1 N–H and O–H groups in total. The van der Waals surface area contributed by atoms with E-state index in [0.717, 1.165) is 0 Å². The van der Waals surface area contributed by atoms with Gasteiger partial charge in [-0.05, 0) is 30.3 Å². The molecule has 0 amide bonds. The SMILES string of the molecule is Oc1cccc(Oc2cc(Br)ccc2F)c1F. The molecule has 0 atom stereocenters. The standard InChI is InChI=1S/C12H7BrF2O2/c13-7-4-5-8(14)11(6-7)17-10-3-1-2-9(16)12(10)15/h1-6,16H. The largest absolute Gasteiger partial charge is 0.505 e. The maximum atomic E-state index is 13.4. The lowest BCUT2D eigenvalue weighted by atomic mass is 10.3. The van der Waals surface area contributed by atoms with Crippen molar-refractivity contribution in [1.29, 1.82) is 0 Å². The molecule has 88 valence electrons. The normalized spacial score (nSPS) is 10.3. The second kappa shape index (κ2) is 4.71. The first-order chi connectivity index (χ1) is 8.08. The molecule has 0 aliphatic heterocycles. The minimum Gasteiger partial charge on any atom is -0.505 e. The molecule has 0 saturated carbocycles. The molecule has 2 aromatic carbocycles. The fraction of sp³-hybridized carbons (Fsp3) is 0. The third-order valence-corrected chi connectivity index (χ3v) is 2.55. The molecule has 0 unspecified atom stereocenters. The van der Waals surface area contributed by atoms with Crippen molar-refractivity contribution in [2.24, 2.45) is 0 Å². The number of hydrogen-bond donors (Lipinski definition) is 1. The lowest BCUT2D eigenvalue weighted by molar-refractivity contribution is 0.384. The van der Waals surface area contributed by atoms with Gasteiger partial charge in [-0.15, -0.1) is 0 Å². The number of benzene rings is 2. The lowest BCUT2D eigenvalue weighted by Crippen LogP contribution is -1.91. The fourth-order valence-corrected chi connectivity index (χ4v) is 1.59. The average Bonchev–Trinajstić information content (AvgIpc) is 2.30. The van der Waals surface area contributed by atoms with Gasteiger partial charge in [0.1, 0.15) is 0 Å². The van der Waals surface area contributed by atoms with E-state index in [2.05, 4.69) is 15.9 Å². The van der Waals surface area contributed by atoms with Gasteiger partial charge in [0.05, 0.1) is 0 Å². The van der Waals surface area contributed by atoms with Gasteiger partial charge in [0.2, 0.25) is 5.82 Å². The molecular weight excluding hydrogens is 294 g/mol. The summed E-state index contributed by atoms with van der Waals surface area (Å²) >= 11 is 3.15. The Morgan fingerprint density at radius 1 is 1.06 bits per heavy atom. The van der Waals surface area contributed by atoms with Crippen LogP contribution in [0.3, 0.4) is 0 Å². The van der Waals surface area contributed by atoms with Gasteiger partial charge in [-0.1, -0.05) is 22.0 Å². The summed E-state index contributed by atoms with van der Waals surface area (Å²) in [6.45, 7) is 0. The summed E-state index contributed by atoms with van der Waals surface area (Å²) in [6, 6.07) is 7.96. The number of ether oxygens (including phenoxy) is 1. The molecule has 0 radical (unpaired) electrons. The molecule has 2 rings (SSSR count). The van der Waals surface area contributed by atoms with Crippen LogP contribution in [0.2, 0.25) is 0 Å². The van der Waals surface area contributed by atoms with E-state index in [4.69, 9.17) is 9.84 Å². The Balaban J connectivity index is 2.38. The van der Waals surface area contributed by atoms with E-state index in [0.29, 0.717) is 4.47 Å². The Morgan fingerprint density at radius 2 is 1.82 bits per heavy atom. The Morgan fingerprint density at radius 3 is 2.59 bits per heavy atom. The van der Waals surface area contributed by atoms with Crippen LogP contribution >= 0.6 is 15.9 Å². The van der Waals surface area contributed by atoms with Crippen molar-refractivity contribution in [2.75, 3.05) is 0 Å². The van der Waals surface area contributed by atoms with Gasteiger partial charge in [-0.2, -0.15) is 4.39 Å². The maximum absolute atomic E-state index is 13.4. The molecule has 0 aromatic heterocycles. The molecule has 2 nitrogen and oxygen atoms in total. The third-order valence-electron chi connectivity index (χ3n) is 2.06. The number of rotatable bonds is 2. The fourth-order valence-electron chi connectivity index (χ4n) is 1.25. The number of aromatic hydroxyl groups is 1. The van der Waals surface area contributed by atoms with E-state index >= 15 is 0 Å². The molecule has 0 fully saturated rings. The van der Waals surface area contributed by atoms with Crippen molar-refractivity contribution < 1.29 is 18.6 Å². The highest BCUT2D eigenvalue weighted by atomic mass is 79.9. The summed E-state index contributed by atoms with van der Waals surface area (Å²) in [7, 11) is 0. The third kappa shape index (κ3) is 2.55. The average molecular weight is 301 g/mol. The van der Waals surface area contributed by atoms with E-state index in [1.54, 1.807) is 0 Å². The lowest BCUT2D eigenvalue weighted by Gasteiger charge is -2.08. The second-order valence-electron chi connectivity index (χ2n) is 3.27. The first-order valence-corrected chi connectivity index (χ1v) is 5.47. The van der Waals surface area contributed by atoms with Crippen molar-refractivity contribution in [3.8, 4) is 17.2 Å². The molecule has 0 heterocycles. The highest BCUT2D eigenvalue weighted by Gasteiger charge is 2.11. The highest BCUT2D eigenvalue weighted by molar-refractivity contribution is 9.10. The van der Waals surface area contributed by atoms with E-state index in [1.165, 1.54) is 36.4 Å². The quantitative estimate of drug-likeness (QED) is 0.899. The molecule has 17 heavy (non-hydrogen) atoms. The van der Waals surface area contributed by atoms with Gasteiger partial charge in [0, 0.05) is 4.47 Å². The van der Waals surface area contributed by atoms with Crippen LogP contribution in [0.5, 0.6) is 17.2 Å². The van der Waals surface area contributed by atoms with Crippen molar-refractivity contribution in [1.82, 2.24) is 0 Å². The van der Waals surface area contributed by atoms with E-state index in [-0.39, 0.29) is 11.5 Å². The Hall–Kier alpha value is -1.62. The number of phenolic OH excluding ortho intramolecular Hbond substituents is 1. The molecule has 5 heteroatoms. The molecule has 0 saturated heterocycles. The predicted octanol–water partition coefficient (Wildman–Crippen LogP) is 4.23. The summed E-state index contributed by atoms with van der Waals surface area (Å²) in [5.41, 5.74) is 0. The number of halogens is 3. The summed E-state index contributed by atoms with van der Waals surface area (Å²) < 4.78 is 32.4. The minimum atomic E-state index is -0.924. The topological polar surface area (TPSA) is 29.5 Å². The van der Waals surface area contributed by atoms with Gasteiger partial charge in [-0.25, -0.2) is 4.39 Å². The minimum absolute atomic E-state index is 0.121. The Labute approximate surface area is 105 Å². The zero-order chi connectivity index (χ0) is 12.4. The van der Waals surface area contributed by atoms with Crippen LogP contribution in [-0.4, -0.2) is 5.11 Å². The Kier molecular flexibility index (Phi) is 3.28. The van der Waals surface area contributed by atoms with Crippen LogP contribution in [0, 0.1) is 11.6 Å². The van der Waals surface area contributed by atoms with Crippen LogP contribution in [0.1, 0.15) is 0 Å². The van der Waals surface area contributed by atoms with E-state index in [1.807, 2.05) is 0 Å². The van der Waals surface area contributed by atoms with Crippen molar-refractivity contribution in [3.63, 3.8) is 0 Å². The van der Waals surface area contributed by atoms with Gasteiger partial charge in [-0.3, -0.25) is 0 Å². The van der Waals surface area contributed by atoms with Crippen LogP contribution in [-0.2, 0) is 0 Å². The second-order valence-corrected chi connectivity index (χ2v) is 4.18. The van der Waals surface area contributed by atoms with Gasteiger partial charge in [0.15, 0.2) is 23.1 Å². The summed E-state index contributed by atoms with van der Waals surface area (Å²) in [5, 5.41) is 9.14. The van der Waals surface area contributed by atoms with Crippen molar-refractivity contribution >= 4 is 15.9 Å². The predicted molar refractivity (Wildman–Crippen MR) is 62.2 cm³/mol. The first-order valence-electron chi connectivity index (χ1n) is 4.68. The van der Waals surface area contributed by atoms with Gasteiger partial charge < -0.3 is 9.84 Å². The molecule has 2 aromatic rings. The van der Waals surface area contributed by atoms with Gasteiger partial charge in [0.25, 0.3) is 0 Å². The van der Waals surface area contributed by atoms with Crippen molar-refractivity contribution in [3.05, 3.63) is 52.5 Å². The monoisotopic (exact) mass is 300 g/mol. The van der Waals surface area contributed by atoms with Crippen LogP contribution in [0.15, 0.2) is 40.9 Å². The van der Waals surface area contributed by atoms with Crippen LogP contribution in [0.4, 0.5) is 8.78 Å². The summed E-state index contributed by atoms with van der Waals surface area (Å²) in [4.78, 5) is 0. The molecule has 0 bridgehead atoms. The summed E-state index contributed by atoms with van der Waals surface area (Å²) in [5.74, 6) is -2.44. The molecule has 0 spiro atoms.